The van der Waals surface area contributed by atoms with E-state index in [0.717, 1.165) is 25.9 Å². The zero-order chi connectivity index (χ0) is 13.1. The molecule has 0 saturated carbocycles. The Morgan fingerprint density at radius 2 is 1.61 bits per heavy atom. The number of unbranched alkanes of at least 4 members (excludes halogenated alkanes) is 8. The first-order chi connectivity index (χ1) is 8.84. The molecule has 106 valence electrons. The van der Waals surface area contributed by atoms with E-state index in [0.29, 0.717) is 12.4 Å². The summed E-state index contributed by atoms with van der Waals surface area (Å²) in [6.07, 6.45) is 13.6. The van der Waals surface area contributed by atoms with E-state index >= 15 is 0 Å². The van der Waals surface area contributed by atoms with Crippen molar-refractivity contribution in [1.29, 1.82) is 0 Å². The molecule has 1 unspecified atom stereocenters. The molecule has 0 spiro atoms. The average Bonchev–Trinajstić information content (AvgIpc) is 2.90. The Morgan fingerprint density at radius 1 is 1.00 bits per heavy atom. The monoisotopic (exact) mass is 254 g/mol. The molecule has 2 heteroatoms. The molecule has 2 nitrogen and oxygen atoms in total. The van der Waals surface area contributed by atoms with E-state index in [2.05, 4.69) is 6.92 Å². The molecular formula is C16H30O2. The van der Waals surface area contributed by atoms with Gasteiger partial charge < -0.3 is 4.74 Å². The van der Waals surface area contributed by atoms with Crippen molar-refractivity contribution < 1.29 is 9.53 Å². The van der Waals surface area contributed by atoms with E-state index < -0.39 is 0 Å². The first-order valence-corrected chi connectivity index (χ1v) is 7.95. The molecule has 1 atom stereocenters. The smallest absolute Gasteiger partial charge is 0.138 e. The second-order valence-electron chi connectivity index (χ2n) is 5.61. The summed E-state index contributed by atoms with van der Waals surface area (Å²) in [4.78, 5) is 11.8. The molecule has 0 aromatic rings. The SMILES string of the molecule is CCCCCCCCCCCC(=O)C1CCOC1. The minimum atomic E-state index is 0.221. The Labute approximate surface area is 112 Å². The standard InChI is InChI=1S/C16H30O2/c1-2-3-4-5-6-7-8-9-10-11-16(17)15-12-13-18-14-15/h15H,2-14H2,1H3. The van der Waals surface area contributed by atoms with Crippen molar-refractivity contribution in [1.82, 2.24) is 0 Å². The van der Waals surface area contributed by atoms with Gasteiger partial charge in [-0.2, -0.15) is 0 Å². The van der Waals surface area contributed by atoms with Crippen LogP contribution in [0.4, 0.5) is 0 Å². The second-order valence-corrected chi connectivity index (χ2v) is 5.61. The van der Waals surface area contributed by atoms with Gasteiger partial charge in [0.05, 0.1) is 6.61 Å². The van der Waals surface area contributed by atoms with Gasteiger partial charge in [0.15, 0.2) is 0 Å². The van der Waals surface area contributed by atoms with Crippen LogP contribution in [0.2, 0.25) is 0 Å². The summed E-state index contributed by atoms with van der Waals surface area (Å²) in [6, 6.07) is 0. The summed E-state index contributed by atoms with van der Waals surface area (Å²) < 4.78 is 5.25. The molecule has 1 rings (SSSR count). The molecular weight excluding hydrogens is 224 g/mol. The molecule has 1 saturated heterocycles. The highest BCUT2D eigenvalue weighted by Crippen LogP contribution is 2.17. The number of Topliss-reactive ketones (excluding diaryl/α,β-unsaturated/α-hetero) is 1. The fraction of sp³-hybridized carbons (Fsp3) is 0.938. The third-order valence-corrected chi connectivity index (χ3v) is 3.91. The maximum Gasteiger partial charge on any atom is 0.138 e. The van der Waals surface area contributed by atoms with E-state index in [4.69, 9.17) is 4.74 Å². The first-order valence-electron chi connectivity index (χ1n) is 7.95. The van der Waals surface area contributed by atoms with Gasteiger partial charge in [-0.25, -0.2) is 0 Å². The summed E-state index contributed by atoms with van der Waals surface area (Å²) in [6.45, 7) is 3.72. The van der Waals surface area contributed by atoms with Crippen LogP contribution in [0.25, 0.3) is 0 Å². The fourth-order valence-electron chi connectivity index (χ4n) is 2.60. The van der Waals surface area contributed by atoms with Crippen molar-refractivity contribution in [3.8, 4) is 0 Å². The van der Waals surface area contributed by atoms with E-state index in [1.807, 2.05) is 0 Å². The molecule has 1 heterocycles. The van der Waals surface area contributed by atoms with Crippen LogP contribution in [0.3, 0.4) is 0 Å². The third-order valence-electron chi connectivity index (χ3n) is 3.91. The average molecular weight is 254 g/mol. The van der Waals surface area contributed by atoms with Crippen molar-refractivity contribution in [2.45, 2.75) is 77.6 Å². The molecule has 0 bridgehead atoms. The number of hydrogen-bond donors (Lipinski definition) is 0. The molecule has 0 N–H and O–H groups in total. The highest BCUT2D eigenvalue weighted by atomic mass is 16.5. The Morgan fingerprint density at radius 3 is 2.17 bits per heavy atom. The molecule has 0 aromatic heterocycles. The van der Waals surface area contributed by atoms with Crippen molar-refractivity contribution >= 4 is 5.78 Å². The molecule has 0 aliphatic carbocycles. The lowest BCUT2D eigenvalue weighted by molar-refractivity contribution is -0.122. The van der Waals surface area contributed by atoms with Crippen LogP contribution in [0.1, 0.15) is 77.6 Å². The van der Waals surface area contributed by atoms with Gasteiger partial charge in [-0.05, 0) is 12.8 Å². The van der Waals surface area contributed by atoms with E-state index in [-0.39, 0.29) is 5.92 Å². The number of carbonyl (C=O) groups is 1. The third kappa shape index (κ3) is 7.15. The van der Waals surface area contributed by atoms with Gasteiger partial charge in [0.25, 0.3) is 0 Å². The summed E-state index contributed by atoms with van der Waals surface area (Å²) in [5.74, 6) is 0.662. The van der Waals surface area contributed by atoms with Crippen LogP contribution < -0.4 is 0 Å². The quantitative estimate of drug-likeness (QED) is 0.507. The first kappa shape index (κ1) is 15.7. The molecule has 18 heavy (non-hydrogen) atoms. The molecule has 1 aliphatic rings. The number of hydrogen-bond acceptors (Lipinski definition) is 2. The van der Waals surface area contributed by atoms with Crippen LogP contribution in [-0.4, -0.2) is 19.0 Å². The van der Waals surface area contributed by atoms with Crippen LogP contribution in [-0.2, 0) is 9.53 Å². The highest BCUT2D eigenvalue weighted by molar-refractivity contribution is 5.81. The maximum atomic E-state index is 11.8. The molecule has 1 fully saturated rings. The topological polar surface area (TPSA) is 26.3 Å². The highest BCUT2D eigenvalue weighted by Gasteiger charge is 2.22. The van der Waals surface area contributed by atoms with Crippen molar-refractivity contribution in [3.05, 3.63) is 0 Å². The lowest BCUT2D eigenvalue weighted by Crippen LogP contribution is -2.13. The van der Waals surface area contributed by atoms with Crippen LogP contribution in [0.15, 0.2) is 0 Å². The zero-order valence-corrected chi connectivity index (χ0v) is 12.1. The second kappa shape index (κ2) is 10.5. The van der Waals surface area contributed by atoms with Gasteiger partial charge in [0, 0.05) is 18.9 Å². The van der Waals surface area contributed by atoms with Crippen molar-refractivity contribution in [2.75, 3.05) is 13.2 Å². The molecule has 0 aromatic carbocycles. The summed E-state index contributed by atoms with van der Waals surface area (Å²) >= 11 is 0. The summed E-state index contributed by atoms with van der Waals surface area (Å²) in [5, 5.41) is 0. The minimum Gasteiger partial charge on any atom is -0.381 e. The van der Waals surface area contributed by atoms with Gasteiger partial charge >= 0.3 is 0 Å². The van der Waals surface area contributed by atoms with E-state index in [9.17, 15) is 4.79 Å². The largest absolute Gasteiger partial charge is 0.381 e. The van der Waals surface area contributed by atoms with Crippen LogP contribution in [0.5, 0.6) is 0 Å². The number of rotatable bonds is 11. The van der Waals surface area contributed by atoms with Crippen LogP contribution in [0, 0.1) is 5.92 Å². The Balaban J connectivity index is 1.82. The Kier molecular flexibility index (Phi) is 9.19. The van der Waals surface area contributed by atoms with Gasteiger partial charge in [0.1, 0.15) is 5.78 Å². The molecule has 0 amide bonds. The van der Waals surface area contributed by atoms with Gasteiger partial charge in [-0.3, -0.25) is 4.79 Å². The van der Waals surface area contributed by atoms with Crippen molar-refractivity contribution in [3.63, 3.8) is 0 Å². The molecule has 1 aliphatic heterocycles. The number of carbonyl (C=O) groups excluding carboxylic acids is 1. The van der Waals surface area contributed by atoms with Gasteiger partial charge in [0.2, 0.25) is 0 Å². The fourth-order valence-corrected chi connectivity index (χ4v) is 2.60. The Hall–Kier alpha value is -0.370. The van der Waals surface area contributed by atoms with E-state index in [1.165, 1.54) is 51.4 Å². The van der Waals surface area contributed by atoms with Gasteiger partial charge in [-0.1, -0.05) is 58.3 Å². The number of ketones is 1. The molecule has 0 radical (unpaired) electrons. The van der Waals surface area contributed by atoms with E-state index in [1.54, 1.807) is 0 Å². The summed E-state index contributed by atoms with van der Waals surface area (Å²) in [5.41, 5.74) is 0. The lowest BCUT2D eigenvalue weighted by Gasteiger charge is -2.06. The van der Waals surface area contributed by atoms with Crippen molar-refractivity contribution in [2.24, 2.45) is 5.92 Å². The lowest BCUT2D eigenvalue weighted by atomic mass is 9.98. The Bertz CT molecular complexity index is 207. The zero-order valence-electron chi connectivity index (χ0n) is 12.1. The predicted molar refractivity (Wildman–Crippen MR) is 75.8 cm³/mol. The van der Waals surface area contributed by atoms with Gasteiger partial charge in [-0.15, -0.1) is 0 Å². The maximum absolute atomic E-state index is 11.8. The normalized spacial score (nSPS) is 19.3. The summed E-state index contributed by atoms with van der Waals surface area (Å²) in [7, 11) is 0. The minimum absolute atomic E-state index is 0.221. The predicted octanol–water partition coefficient (Wildman–Crippen LogP) is 4.51. The van der Waals surface area contributed by atoms with Crippen LogP contribution >= 0.6 is 0 Å². The number of ether oxygens (including phenoxy) is 1.